The zero-order chi connectivity index (χ0) is 12.7. The van der Waals surface area contributed by atoms with E-state index in [4.69, 9.17) is 16.0 Å². The van der Waals surface area contributed by atoms with Crippen LogP contribution in [0.15, 0.2) is 29.4 Å². The van der Waals surface area contributed by atoms with Crippen molar-refractivity contribution in [3.05, 3.63) is 29.8 Å². The van der Waals surface area contributed by atoms with Gasteiger partial charge in [-0.05, 0) is 37.6 Å². The molecule has 0 saturated heterocycles. The molecular formula is C12H19N3O2. The molecule has 4 N–H and O–H groups in total. The van der Waals surface area contributed by atoms with Crippen molar-refractivity contribution in [2.75, 3.05) is 24.6 Å². The van der Waals surface area contributed by atoms with E-state index < -0.39 is 0 Å². The van der Waals surface area contributed by atoms with Crippen LogP contribution in [-0.4, -0.2) is 35.8 Å². The van der Waals surface area contributed by atoms with E-state index in [0.29, 0.717) is 5.56 Å². The van der Waals surface area contributed by atoms with Crippen LogP contribution in [0.3, 0.4) is 0 Å². The summed E-state index contributed by atoms with van der Waals surface area (Å²) in [5.41, 5.74) is 7.24. The van der Waals surface area contributed by atoms with Gasteiger partial charge in [0.25, 0.3) is 0 Å². The van der Waals surface area contributed by atoms with Gasteiger partial charge in [-0.3, -0.25) is 0 Å². The average molecular weight is 237 g/mol. The van der Waals surface area contributed by atoms with Gasteiger partial charge in [-0.1, -0.05) is 5.16 Å². The summed E-state index contributed by atoms with van der Waals surface area (Å²) in [7, 11) is 0. The number of hydrogen-bond acceptors (Lipinski definition) is 4. The molecule has 1 rings (SSSR count). The first-order valence-electron chi connectivity index (χ1n) is 5.66. The van der Waals surface area contributed by atoms with Gasteiger partial charge >= 0.3 is 0 Å². The molecule has 0 aromatic heterocycles. The van der Waals surface area contributed by atoms with Gasteiger partial charge in [0, 0.05) is 30.9 Å². The maximum Gasteiger partial charge on any atom is 0.170 e. The predicted octanol–water partition coefficient (Wildman–Crippen LogP) is 0.990. The normalized spacial score (nSPS) is 11.5. The Morgan fingerprint density at radius 3 is 2.47 bits per heavy atom. The number of aliphatic hydroxyl groups is 1. The molecule has 0 aliphatic heterocycles. The number of anilines is 1. The first-order valence-corrected chi connectivity index (χ1v) is 5.66. The molecule has 0 radical (unpaired) electrons. The minimum atomic E-state index is 0.106. The monoisotopic (exact) mass is 237 g/mol. The largest absolute Gasteiger partial charge is 0.409 e. The van der Waals surface area contributed by atoms with Gasteiger partial charge in [0.15, 0.2) is 5.84 Å². The Hall–Kier alpha value is -1.75. The molecule has 1 aromatic carbocycles. The second-order valence-electron chi connectivity index (χ2n) is 3.69. The van der Waals surface area contributed by atoms with Crippen LogP contribution in [0, 0.1) is 0 Å². The van der Waals surface area contributed by atoms with Crippen LogP contribution in [0.5, 0.6) is 0 Å². The van der Waals surface area contributed by atoms with Crippen molar-refractivity contribution in [1.82, 2.24) is 0 Å². The van der Waals surface area contributed by atoms with Crippen molar-refractivity contribution >= 4 is 11.5 Å². The second kappa shape index (κ2) is 6.75. The number of rotatable bonds is 6. The standard InChI is InChI=1S/C12H19N3O2/c1-2-15(8-3-9-16)11-6-4-10(5-7-11)12(13)14-17/h4-7,16-17H,2-3,8-9H2,1H3,(H2,13,14). The van der Waals surface area contributed by atoms with Gasteiger partial charge in [-0.2, -0.15) is 0 Å². The van der Waals surface area contributed by atoms with Gasteiger partial charge in [-0.15, -0.1) is 0 Å². The molecule has 0 bridgehead atoms. The van der Waals surface area contributed by atoms with E-state index in [1.807, 2.05) is 24.3 Å². The van der Waals surface area contributed by atoms with Gasteiger partial charge < -0.3 is 20.9 Å². The van der Waals surface area contributed by atoms with Crippen molar-refractivity contribution in [1.29, 1.82) is 0 Å². The Balaban J connectivity index is 2.77. The Bertz CT molecular complexity index is 363. The summed E-state index contributed by atoms with van der Waals surface area (Å²) in [5.74, 6) is 0.106. The third-order valence-corrected chi connectivity index (χ3v) is 2.60. The van der Waals surface area contributed by atoms with Gasteiger partial charge in [0.1, 0.15) is 0 Å². The molecule has 94 valence electrons. The van der Waals surface area contributed by atoms with Gasteiger partial charge in [0.05, 0.1) is 0 Å². The summed E-state index contributed by atoms with van der Waals surface area (Å²) in [6.45, 7) is 3.95. The maximum atomic E-state index is 8.82. The van der Waals surface area contributed by atoms with E-state index in [1.165, 1.54) is 0 Å². The summed E-state index contributed by atoms with van der Waals surface area (Å²) in [6.07, 6.45) is 0.746. The summed E-state index contributed by atoms with van der Waals surface area (Å²) >= 11 is 0. The molecular weight excluding hydrogens is 218 g/mol. The second-order valence-corrected chi connectivity index (χ2v) is 3.69. The fraction of sp³-hybridized carbons (Fsp3) is 0.417. The van der Waals surface area contributed by atoms with Crippen molar-refractivity contribution in [2.45, 2.75) is 13.3 Å². The number of nitrogens with two attached hydrogens (primary N) is 1. The molecule has 0 heterocycles. The molecule has 0 fully saturated rings. The maximum absolute atomic E-state index is 8.82. The first kappa shape index (κ1) is 13.3. The lowest BCUT2D eigenvalue weighted by Crippen LogP contribution is -2.24. The number of amidine groups is 1. The van der Waals surface area contributed by atoms with E-state index in [-0.39, 0.29) is 12.4 Å². The van der Waals surface area contributed by atoms with Gasteiger partial charge in [-0.25, -0.2) is 0 Å². The lowest BCUT2D eigenvalue weighted by molar-refractivity contribution is 0.289. The average Bonchev–Trinajstić information content (AvgIpc) is 2.39. The zero-order valence-electron chi connectivity index (χ0n) is 10.0. The molecule has 5 nitrogen and oxygen atoms in total. The molecule has 0 spiro atoms. The minimum Gasteiger partial charge on any atom is -0.409 e. The zero-order valence-corrected chi connectivity index (χ0v) is 10.0. The van der Waals surface area contributed by atoms with Crippen molar-refractivity contribution in [3.8, 4) is 0 Å². The molecule has 0 amide bonds. The molecule has 0 aliphatic rings. The fourth-order valence-electron chi connectivity index (χ4n) is 1.63. The van der Waals surface area contributed by atoms with Crippen LogP contribution >= 0.6 is 0 Å². The minimum absolute atomic E-state index is 0.106. The lowest BCUT2D eigenvalue weighted by atomic mass is 10.2. The van der Waals surface area contributed by atoms with Crippen LogP contribution in [-0.2, 0) is 0 Å². The number of benzene rings is 1. The highest BCUT2D eigenvalue weighted by molar-refractivity contribution is 5.97. The van der Waals surface area contributed by atoms with Crippen molar-refractivity contribution in [2.24, 2.45) is 10.9 Å². The molecule has 1 aromatic rings. The first-order chi connectivity index (χ1) is 8.22. The van der Waals surface area contributed by atoms with Crippen molar-refractivity contribution in [3.63, 3.8) is 0 Å². The molecule has 0 saturated carbocycles. The Morgan fingerprint density at radius 1 is 1.35 bits per heavy atom. The van der Waals surface area contributed by atoms with Gasteiger partial charge in [0.2, 0.25) is 0 Å². The summed E-state index contributed by atoms with van der Waals surface area (Å²) < 4.78 is 0. The van der Waals surface area contributed by atoms with E-state index in [9.17, 15) is 0 Å². The quantitative estimate of drug-likeness (QED) is 0.298. The van der Waals surface area contributed by atoms with E-state index in [2.05, 4.69) is 17.0 Å². The number of nitrogens with zero attached hydrogens (tertiary/aromatic N) is 2. The number of hydrogen-bond donors (Lipinski definition) is 3. The molecule has 17 heavy (non-hydrogen) atoms. The Kier molecular flexibility index (Phi) is 5.29. The van der Waals surface area contributed by atoms with E-state index in [0.717, 1.165) is 25.2 Å². The molecule has 5 heteroatoms. The number of oxime groups is 1. The van der Waals surface area contributed by atoms with E-state index in [1.54, 1.807) is 0 Å². The molecule has 0 aliphatic carbocycles. The predicted molar refractivity (Wildman–Crippen MR) is 68.5 cm³/mol. The highest BCUT2D eigenvalue weighted by Gasteiger charge is 2.04. The Morgan fingerprint density at radius 2 is 2.00 bits per heavy atom. The fourth-order valence-corrected chi connectivity index (χ4v) is 1.63. The summed E-state index contributed by atoms with van der Waals surface area (Å²) in [4.78, 5) is 2.16. The third-order valence-electron chi connectivity index (χ3n) is 2.60. The third kappa shape index (κ3) is 3.64. The summed E-state index contributed by atoms with van der Waals surface area (Å²) in [5, 5.41) is 20.3. The molecule has 0 unspecified atom stereocenters. The topological polar surface area (TPSA) is 82.1 Å². The van der Waals surface area contributed by atoms with E-state index >= 15 is 0 Å². The highest BCUT2D eigenvalue weighted by atomic mass is 16.4. The summed E-state index contributed by atoms with van der Waals surface area (Å²) in [6, 6.07) is 7.47. The Labute approximate surface area is 101 Å². The van der Waals surface area contributed by atoms with Crippen LogP contribution < -0.4 is 10.6 Å². The van der Waals surface area contributed by atoms with Crippen LogP contribution in [0.25, 0.3) is 0 Å². The van der Waals surface area contributed by atoms with Crippen LogP contribution in [0.4, 0.5) is 5.69 Å². The smallest absolute Gasteiger partial charge is 0.170 e. The van der Waals surface area contributed by atoms with Crippen LogP contribution in [0.1, 0.15) is 18.9 Å². The number of aliphatic hydroxyl groups excluding tert-OH is 1. The lowest BCUT2D eigenvalue weighted by Gasteiger charge is -2.22. The molecule has 0 atom stereocenters. The highest BCUT2D eigenvalue weighted by Crippen LogP contribution is 2.15. The van der Waals surface area contributed by atoms with Crippen LogP contribution in [0.2, 0.25) is 0 Å². The SMILES string of the molecule is CCN(CCCO)c1ccc(/C(N)=N/O)cc1. The van der Waals surface area contributed by atoms with Crippen molar-refractivity contribution < 1.29 is 10.3 Å².